The van der Waals surface area contributed by atoms with Crippen molar-refractivity contribution in [1.29, 1.82) is 0 Å². The van der Waals surface area contributed by atoms with Crippen LogP contribution in [0.1, 0.15) is 73.6 Å². The van der Waals surface area contributed by atoms with Crippen LogP contribution in [0.15, 0.2) is 4.99 Å². The molecule has 168 valence electrons. The van der Waals surface area contributed by atoms with Gasteiger partial charge in [0, 0.05) is 26.8 Å². The number of rotatable bonds is 12. The lowest BCUT2D eigenvalue weighted by atomic mass is 9.93. The largest absolute Gasteiger partial charge is 0.444 e. The number of unbranched alkanes of at least 4 members (excludes halogenated alkanes) is 2. The third-order valence-corrected chi connectivity index (χ3v) is 4.32. The number of aliphatic imine (C=N–C) groups is 1. The molecule has 28 heavy (non-hydrogen) atoms. The molecule has 0 aliphatic carbocycles. The molecule has 0 saturated carbocycles. The second-order valence-corrected chi connectivity index (χ2v) is 7.79. The van der Waals surface area contributed by atoms with Gasteiger partial charge in [0.25, 0.3) is 0 Å². The van der Waals surface area contributed by atoms with Crippen LogP contribution in [-0.4, -0.2) is 56.5 Å². The van der Waals surface area contributed by atoms with Crippen LogP contribution in [-0.2, 0) is 9.47 Å². The fourth-order valence-corrected chi connectivity index (χ4v) is 2.54. The molecule has 0 aliphatic rings. The van der Waals surface area contributed by atoms with E-state index in [2.05, 4.69) is 29.8 Å². The van der Waals surface area contributed by atoms with E-state index in [0.717, 1.165) is 57.8 Å². The summed E-state index contributed by atoms with van der Waals surface area (Å²) in [5, 5.41) is 9.67. The summed E-state index contributed by atoms with van der Waals surface area (Å²) in [6.45, 7) is 14.7. The number of nitrogens with zero attached hydrogens (tertiary/aromatic N) is 1. The zero-order valence-corrected chi connectivity index (χ0v) is 21.3. The maximum atomic E-state index is 12.2. The monoisotopic (exact) mass is 514 g/mol. The van der Waals surface area contributed by atoms with Gasteiger partial charge in [-0.15, -0.1) is 24.0 Å². The first-order chi connectivity index (χ1) is 12.7. The van der Waals surface area contributed by atoms with E-state index in [1.807, 2.05) is 27.7 Å². The lowest BCUT2D eigenvalue weighted by Crippen LogP contribution is -2.52. The number of halogens is 1. The van der Waals surface area contributed by atoms with Gasteiger partial charge in [-0.05, 0) is 59.8 Å². The standard InChI is InChI=1S/C20H42N4O3.HI/c1-8-20(9-2,24-18(25)27-19(4,5)6)16-23-17(21-10-3)22-14-12-11-13-15-26-7;/h8-16H2,1-7H3,(H,24,25)(H2,21,22,23);1H. The maximum absolute atomic E-state index is 12.2. The highest BCUT2D eigenvalue weighted by Crippen LogP contribution is 2.17. The van der Waals surface area contributed by atoms with E-state index < -0.39 is 17.2 Å². The molecule has 0 aromatic carbocycles. The summed E-state index contributed by atoms with van der Waals surface area (Å²) in [5.41, 5.74) is -0.928. The molecular weight excluding hydrogens is 471 g/mol. The molecule has 0 atom stereocenters. The number of hydrogen-bond acceptors (Lipinski definition) is 4. The molecular formula is C20H43IN4O3. The molecule has 0 spiro atoms. The average Bonchev–Trinajstić information content (AvgIpc) is 2.59. The van der Waals surface area contributed by atoms with Gasteiger partial charge >= 0.3 is 6.09 Å². The first kappa shape index (κ1) is 29.4. The molecule has 0 heterocycles. The van der Waals surface area contributed by atoms with E-state index in [4.69, 9.17) is 14.5 Å². The van der Waals surface area contributed by atoms with Crippen LogP contribution in [0.25, 0.3) is 0 Å². The third-order valence-electron chi connectivity index (χ3n) is 4.32. The molecule has 0 aromatic heterocycles. The smallest absolute Gasteiger partial charge is 0.408 e. The number of methoxy groups -OCH3 is 1. The number of hydrogen-bond donors (Lipinski definition) is 3. The number of alkyl carbamates (subject to hydrolysis) is 1. The van der Waals surface area contributed by atoms with Crippen LogP contribution in [0, 0.1) is 0 Å². The Bertz CT molecular complexity index is 436. The van der Waals surface area contributed by atoms with Crippen molar-refractivity contribution in [3.63, 3.8) is 0 Å². The number of guanidine groups is 1. The fraction of sp³-hybridized carbons (Fsp3) is 0.900. The predicted molar refractivity (Wildman–Crippen MR) is 128 cm³/mol. The second kappa shape index (κ2) is 16.1. The van der Waals surface area contributed by atoms with Gasteiger partial charge in [0.1, 0.15) is 5.60 Å². The zero-order chi connectivity index (χ0) is 20.8. The highest BCUT2D eigenvalue weighted by atomic mass is 127. The van der Waals surface area contributed by atoms with Crippen molar-refractivity contribution in [2.24, 2.45) is 4.99 Å². The van der Waals surface area contributed by atoms with Gasteiger partial charge in [-0.25, -0.2) is 4.79 Å². The van der Waals surface area contributed by atoms with Crippen LogP contribution in [0.3, 0.4) is 0 Å². The van der Waals surface area contributed by atoms with E-state index in [1.165, 1.54) is 0 Å². The molecule has 0 aliphatic heterocycles. The van der Waals surface area contributed by atoms with E-state index in [0.29, 0.717) is 6.54 Å². The van der Waals surface area contributed by atoms with Gasteiger partial charge < -0.3 is 25.4 Å². The van der Waals surface area contributed by atoms with E-state index in [1.54, 1.807) is 7.11 Å². The first-order valence-corrected chi connectivity index (χ1v) is 10.2. The average molecular weight is 514 g/mol. The van der Waals surface area contributed by atoms with Crippen LogP contribution in [0.4, 0.5) is 4.79 Å². The summed E-state index contributed by atoms with van der Waals surface area (Å²) in [7, 11) is 1.73. The summed E-state index contributed by atoms with van der Waals surface area (Å²) >= 11 is 0. The van der Waals surface area contributed by atoms with Crippen molar-refractivity contribution in [3.8, 4) is 0 Å². The number of ether oxygens (including phenoxy) is 2. The van der Waals surface area contributed by atoms with Crippen LogP contribution in [0.5, 0.6) is 0 Å². The van der Waals surface area contributed by atoms with Crippen LogP contribution < -0.4 is 16.0 Å². The summed E-state index contributed by atoms with van der Waals surface area (Å²) in [5.74, 6) is 0.779. The minimum Gasteiger partial charge on any atom is -0.444 e. The predicted octanol–water partition coefficient (Wildman–Crippen LogP) is 4.06. The summed E-state index contributed by atoms with van der Waals surface area (Å²) in [6.07, 6.45) is 4.42. The van der Waals surface area contributed by atoms with E-state index in [9.17, 15) is 4.79 Å². The molecule has 0 bridgehead atoms. The Labute approximate surface area is 189 Å². The van der Waals surface area contributed by atoms with Gasteiger partial charge in [-0.1, -0.05) is 13.8 Å². The van der Waals surface area contributed by atoms with Crippen molar-refractivity contribution in [3.05, 3.63) is 0 Å². The summed E-state index contributed by atoms with van der Waals surface area (Å²) in [6, 6.07) is 0. The Balaban J connectivity index is 0. The van der Waals surface area contributed by atoms with Gasteiger partial charge in [0.05, 0.1) is 12.1 Å². The van der Waals surface area contributed by atoms with E-state index in [-0.39, 0.29) is 24.0 Å². The highest BCUT2D eigenvalue weighted by Gasteiger charge is 2.30. The molecule has 0 fully saturated rings. The molecule has 0 aromatic rings. The molecule has 8 heteroatoms. The van der Waals surface area contributed by atoms with Gasteiger partial charge in [-0.2, -0.15) is 0 Å². The second-order valence-electron chi connectivity index (χ2n) is 7.79. The fourth-order valence-electron chi connectivity index (χ4n) is 2.54. The molecule has 0 radical (unpaired) electrons. The Morgan fingerprint density at radius 2 is 1.64 bits per heavy atom. The summed E-state index contributed by atoms with van der Waals surface area (Å²) < 4.78 is 10.5. The summed E-state index contributed by atoms with van der Waals surface area (Å²) in [4.78, 5) is 16.9. The molecule has 0 rings (SSSR count). The first-order valence-electron chi connectivity index (χ1n) is 10.2. The molecule has 1 amide bonds. The Kier molecular flexibility index (Phi) is 16.9. The van der Waals surface area contributed by atoms with Crippen molar-refractivity contribution in [2.75, 3.05) is 33.4 Å². The lowest BCUT2D eigenvalue weighted by molar-refractivity contribution is 0.0452. The zero-order valence-electron chi connectivity index (χ0n) is 18.9. The molecule has 0 unspecified atom stereocenters. The highest BCUT2D eigenvalue weighted by molar-refractivity contribution is 14.0. The minimum atomic E-state index is -0.514. The van der Waals surface area contributed by atoms with Gasteiger partial charge in [0.15, 0.2) is 5.96 Å². The normalized spacial score (nSPS) is 12.2. The van der Waals surface area contributed by atoms with Crippen molar-refractivity contribution < 1.29 is 14.3 Å². The number of carbonyl (C=O) groups excluding carboxylic acids is 1. The quantitative estimate of drug-likeness (QED) is 0.158. The maximum Gasteiger partial charge on any atom is 0.408 e. The third kappa shape index (κ3) is 14.3. The molecule has 7 nitrogen and oxygen atoms in total. The van der Waals surface area contributed by atoms with Gasteiger partial charge in [-0.3, -0.25) is 4.99 Å². The van der Waals surface area contributed by atoms with Crippen molar-refractivity contribution in [2.45, 2.75) is 84.8 Å². The van der Waals surface area contributed by atoms with Crippen molar-refractivity contribution >= 4 is 36.0 Å². The minimum absolute atomic E-state index is 0. The van der Waals surface area contributed by atoms with Crippen molar-refractivity contribution in [1.82, 2.24) is 16.0 Å². The molecule has 0 saturated heterocycles. The number of amides is 1. The number of carbonyl (C=O) groups is 1. The Hall–Kier alpha value is -0.770. The van der Waals surface area contributed by atoms with Crippen LogP contribution in [0.2, 0.25) is 0 Å². The lowest BCUT2D eigenvalue weighted by Gasteiger charge is -2.32. The Morgan fingerprint density at radius 1 is 1.00 bits per heavy atom. The van der Waals surface area contributed by atoms with Crippen LogP contribution >= 0.6 is 24.0 Å². The van der Waals surface area contributed by atoms with Gasteiger partial charge in [0.2, 0.25) is 0 Å². The SMILES string of the molecule is CCNC(=NCC(CC)(CC)NC(=O)OC(C)(C)C)NCCCCCOC.I. The topological polar surface area (TPSA) is 84.0 Å². The Morgan fingerprint density at radius 3 is 2.14 bits per heavy atom. The number of nitrogens with one attached hydrogen (secondary N) is 3. The molecule has 3 N–H and O–H groups in total. The van der Waals surface area contributed by atoms with E-state index >= 15 is 0 Å².